The third-order valence-electron chi connectivity index (χ3n) is 1.57. The molecule has 1 heterocycles. The number of ether oxygens (including phenoxy) is 1. The van der Waals surface area contributed by atoms with E-state index in [9.17, 15) is 14.7 Å². The van der Waals surface area contributed by atoms with Crippen molar-refractivity contribution in [1.29, 1.82) is 0 Å². The molecule has 1 aromatic rings. The van der Waals surface area contributed by atoms with Crippen molar-refractivity contribution in [1.82, 2.24) is 4.68 Å². The molecule has 0 unspecified atom stereocenters. The van der Waals surface area contributed by atoms with Crippen molar-refractivity contribution in [2.45, 2.75) is 6.92 Å². The van der Waals surface area contributed by atoms with Crippen LogP contribution < -0.4 is 29.8 Å². The van der Waals surface area contributed by atoms with Crippen molar-refractivity contribution in [3.63, 3.8) is 0 Å². The predicted molar refractivity (Wildman–Crippen MR) is 44.9 cm³/mol. The minimum absolute atomic E-state index is 0. The Hall–Kier alpha value is -1.38. The molecule has 6 nitrogen and oxygen atoms in total. The van der Waals surface area contributed by atoms with Gasteiger partial charge in [0.2, 0.25) is 0 Å². The Morgan fingerprint density at radius 1 is 1.60 bits per heavy atom. The first-order valence-electron chi connectivity index (χ1n) is 3.92. The molecule has 0 amide bonds. The Morgan fingerprint density at radius 2 is 2.20 bits per heavy atom. The molecule has 7 heteroatoms. The van der Waals surface area contributed by atoms with Crippen LogP contribution in [-0.4, -0.2) is 23.2 Å². The van der Waals surface area contributed by atoms with Crippen molar-refractivity contribution in [2.24, 2.45) is 0 Å². The van der Waals surface area contributed by atoms with E-state index < -0.39 is 11.9 Å². The maximum absolute atomic E-state index is 11.1. The molecule has 2 N–H and O–H groups in total. The third kappa shape index (κ3) is 3.04. The molecule has 0 aliphatic carbocycles. The first-order valence-corrected chi connectivity index (χ1v) is 3.92. The van der Waals surface area contributed by atoms with Gasteiger partial charge in [0.15, 0.2) is 0 Å². The number of carbonyl (C=O) groups excluding carboxylic acids is 2. The Bertz CT molecular complexity index is 375. The molecule has 0 aromatic carbocycles. The van der Waals surface area contributed by atoms with Crippen LogP contribution in [0.15, 0.2) is 12.3 Å². The summed E-state index contributed by atoms with van der Waals surface area (Å²) in [6.07, 6.45) is 1.17. The number of esters is 1. The number of carboxylic acids is 1. The van der Waals surface area contributed by atoms with Gasteiger partial charge >= 0.3 is 24.8 Å². The van der Waals surface area contributed by atoms with Gasteiger partial charge in [-0.15, -0.1) is 0 Å². The number of nitrogens with zero attached hydrogens (tertiary/aromatic N) is 1. The van der Waals surface area contributed by atoms with Crippen LogP contribution in [0.4, 0.5) is 0 Å². The molecule has 0 saturated heterocycles. The number of nitrogens with two attached hydrogens (primary N) is 1. The van der Waals surface area contributed by atoms with Gasteiger partial charge in [0.1, 0.15) is 0 Å². The van der Waals surface area contributed by atoms with Crippen LogP contribution in [-0.2, 0) is 4.74 Å². The number of nitrogen functional groups attached to an aromatic ring is 1. The van der Waals surface area contributed by atoms with E-state index in [4.69, 9.17) is 5.84 Å². The average molecular weight is 204 g/mol. The van der Waals surface area contributed by atoms with E-state index in [0.717, 1.165) is 10.7 Å². The van der Waals surface area contributed by atoms with Gasteiger partial charge in [0, 0.05) is 6.20 Å². The maximum Gasteiger partial charge on any atom is 1.00 e. The number of aromatic nitrogens is 1. The van der Waals surface area contributed by atoms with Crippen molar-refractivity contribution in [3.8, 4) is 0 Å². The average Bonchev–Trinajstić information content (AvgIpc) is 2.48. The zero-order valence-electron chi connectivity index (χ0n) is 8.52. The number of hydrogen-bond donors (Lipinski definition) is 1. The number of carbonyl (C=O) groups is 2. The van der Waals surface area contributed by atoms with E-state index >= 15 is 0 Å². The standard InChI is InChI=1S/C8H10N2O4.Li/c1-2-14-8(13)5-3-6(7(11)12)10(9)4-5;/h3-4H,2,9H2,1H3,(H,11,12);/q;+1/p-1. The van der Waals surface area contributed by atoms with E-state index in [1.807, 2.05) is 0 Å². The van der Waals surface area contributed by atoms with Crippen molar-refractivity contribution in [3.05, 3.63) is 23.5 Å². The second kappa shape index (κ2) is 5.49. The van der Waals surface area contributed by atoms with Crippen LogP contribution in [0.25, 0.3) is 0 Å². The summed E-state index contributed by atoms with van der Waals surface area (Å²) in [5, 5.41) is 10.5. The summed E-state index contributed by atoms with van der Waals surface area (Å²) in [6, 6.07) is 1.10. The minimum Gasteiger partial charge on any atom is -0.543 e. The van der Waals surface area contributed by atoms with E-state index in [0.29, 0.717) is 0 Å². The van der Waals surface area contributed by atoms with Crippen molar-refractivity contribution < 1.29 is 38.3 Å². The van der Waals surface area contributed by atoms with Crippen molar-refractivity contribution >= 4 is 11.9 Å². The maximum atomic E-state index is 11.1. The largest absolute Gasteiger partial charge is 1.00 e. The fraction of sp³-hybridized carbons (Fsp3) is 0.250. The van der Waals surface area contributed by atoms with Gasteiger partial charge in [0.05, 0.1) is 23.8 Å². The number of aromatic carboxylic acids is 1. The minimum atomic E-state index is -1.44. The number of rotatable bonds is 3. The molecule has 0 bridgehead atoms. The first kappa shape index (κ1) is 13.6. The van der Waals surface area contributed by atoms with E-state index in [-0.39, 0.29) is 36.7 Å². The summed E-state index contributed by atoms with van der Waals surface area (Å²) in [7, 11) is 0. The van der Waals surface area contributed by atoms with E-state index in [1.165, 1.54) is 6.20 Å². The molecule has 0 radical (unpaired) electrons. The summed E-state index contributed by atoms with van der Waals surface area (Å²) < 4.78 is 5.46. The molecule has 0 saturated carbocycles. The van der Waals surface area contributed by atoms with Crippen LogP contribution in [0.5, 0.6) is 0 Å². The summed E-state index contributed by atoms with van der Waals surface area (Å²) in [6.45, 7) is 1.87. The van der Waals surface area contributed by atoms with E-state index in [1.54, 1.807) is 6.92 Å². The van der Waals surface area contributed by atoms with Crippen LogP contribution in [0.3, 0.4) is 0 Å². The Morgan fingerprint density at radius 3 is 2.60 bits per heavy atom. The van der Waals surface area contributed by atoms with Gasteiger partial charge in [-0.3, -0.25) is 4.68 Å². The van der Waals surface area contributed by atoms with Gasteiger partial charge in [-0.1, -0.05) is 0 Å². The predicted octanol–water partition coefficient (Wildman–Crippen LogP) is -4.25. The molecule has 0 fully saturated rings. The van der Waals surface area contributed by atoms with Gasteiger partial charge in [-0.2, -0.15) is 0 Å². The summed E-state index contributed by atoms with van der Waals surface area (Å²) >= 11 is 0. The Balaban J connectivity index is 0.00000196. The normalized spacial score (nSPS) is 9.13. The summed E-state index contributed by atoms with van der Waals surface area (Å²) in [4.78, 5) is 21.6. The monoisotopic (exact) mass is 204 g/mol. The zero-order valence-corrected chi connectivity index (χ0v) is 8.52. The fourth-order valence-electron chi connectivity index (χ4n) is 0.969. The quantitative estimate of drug-likeness (QED) is 0.305. The molecule has 0 aliphatic heterocycles. The second-order valence-electron chi connectivity index (χ2n) is 2.53. The van der Waals surface area contributed by atoms with Crippen LogP contribution in [0, 0.1) is 0 Å². The zero-order chi connectivity index (χ0) is 10.7. The molecular formula is C8H9LiN2O4. The molecule has 1 rings (SSSR count). The van der Waals surface area contributed by atoms with Crippen molar-refractivity contribution in [2.75, 3.05) is 12.4 Å². The molecular weight excluding hydrogens is 195 g/mol. The fourth-order valence-corrected chi connectivity index (χ4v) is 0.969. The molecule has 0 atom stereocenters. The van der Waals surface area contributed by atoms with Gasteiger partial charge < -0.3 is 20.5 Å². The van der Waals surface area contributed by atoms with Crippen LogP contribution in [0.2, 0.25) is 0 Å². The van der Waals surface area contributed by atoms with Crippen LogP contribution in [0.1, 0.15) is 27.8 Å². The topological polar surface area (TPSA) is 97.4 Å². The van der Waals surface area contributed by atoms with Gasteiger partial charge in [-0.05, 0) is 13.0 Å². The molecule has 0 aliphatic rings. The third-order valence-corrected chi connectivity index (χ3v) is 1.57. The molecule has 1 aromatic heterocycles. The number of hydrogen-bond acceptors (Lipinski definition) is 5. The summed E-state index contributed by atoms with van der Waals surface area (Å²) in [5.41, 5.74) is -0.179. The van der Waals surface area contributed by atoms with Gasteiger partial charge in [0.25, 0.3) is 0 Å². The van der Waals surface area contributed by atoms with Gasteiger partial charge in [-0.25, -0.2) is 4.79 Å². The van der Waals surface area contributed by atoms with E-state index in [2.05, 4.69) is 4.74 Å². The summed E-state index contributed by atoms with van der Waals surface area (Å²) in [5.74, 6) is 3.21. The first-order chi connectivity index (χ1) is 6.56. The Kier molecular flexibility index (Phi) is 4.98. The molecule has 15 heavy (non-hydrogen) atoms. The smallest absolute Gasteiger partial charge is 0.543 e. The Labute approximate surface area is 98.1 Å². The van der Waals surface area contributed by atoms with Crippen LogP contribution >= 0.6 is 0 Å². The second-order valence-corrected chi connectivity index (χ2v) is 2.53. The molecule has 76 valence electrons. The molecule has 0 spiro atoms. The SMILES string of the molecule is CCOC(=O)c1cc(C(=O)[O-])n(N)c1.[Li+]. The number of carboxylic acid groups (broad SMARTS) is 1.